The van der Waals surface area contributed by atoms with Crippen LogP contribution in [-0.2, 0) is 6.42 Å². The number of aromatic hydroxyl groups is 1. The molecule has 2 aromatic rings. The first-order chi connectivity index (χ1) is 13.9. The van der Waals surface area contributed by atoms with Gasteiger partial charge in [0.05, 0.1) is 5.60 Å². The van der Waals surface area contributed by atoms with Crippen molar-refractivity contribution in [3.8, 4) is 5.75 Å². The minimum atomic E-state index is -0.719. The van der Waals surface area contributed by atoms with Gasteiger partial charge in [-0.3, -0.25) is 0 Å². The van der Waals surface area contributed by atoms with E-state index in [1.54, 1.807) is 0 Å². The molecule has 0 aliphatic heterocycles. The van der Waals surface area contributed by atoms with Gasteiger partial charge >= 0.3 is 0 Å². The van der Waals surface area contributed by atoms with Crippen molar-refractivity contribution >= 4 is 6.08 Å². The minimum Gasteiger partial charge on any atom is -0.508 e. The quantitative estimate of drug-likeness (QED) is 0.662. The number of aliphatic hydroxyl groups is 1. The zero-order chi connectivity index (χ0) is 20.2. The van der Waals surface area contributed by atoms with E-state index in [9.17, 15) is 10.2 Å². The molecule has 2 heteroatoms. The number of hydrogen-bond acceptors (Lipinski definition) is 2. The summed E-state index contributed by atoms with van der Waals surface area (Å²) in [6, 6.07) is 14.5. The Labute approximate surface area is 174 Å². The van der Waals surface area contributed by atoms with Gasteiger partial charge < -0.3 is 10.2 Å². The maximum Gasteiger partial charge on any atom is 0.115 e. The third-order valence-electron chi connectivity index (χ3n) is 8.55. The van der Waals surface area contributed by atoms with Crippen LogP contribution >= 0.6 is 0 Å². The Balaban J connectivity index is 1.42. The second-order valence-corrected chi connectivity index (χ2v) is 9.96. The summed E-state index contributed by atoms with van der Waals surface area (Å²) in [5.41, 5.74) is 4.44. The summed E-state index contributed by atoms with van der Waals surface area (Å²) in [5.74, 6) is 2.18. The third kappa shape index (κ3) is 2.95. The monoisotopic (exact) mass is 388 g/mol. The number of fused-ring (bicyclic) bond motifs is 5. The van der Waals surface area contributed by atoms with Crippen molar-refractivity contribution in [1.82, 2.24) is 0 Å². The molecule has 0 amide bonds. The van der Waals surface area contributed by atoms with E-state index in [4.69, 9.17) is 0 Å². The number of phenolic OH excluding ortho intramolecular Hbond substituents is 1. The van der Waals surface area contributed by atoms with E-state index in [0.29, 0.717) is 23.5 Å². The predicted molar refractivity (Wildman–Crippen MR) is 118 cm³/mol. The first-order valence-corrected chi connectivity index (χ1v) is 11.2. The Bertz CT molecular complexity index is 944. The molecule has 0 unspecified atom stereocenters. The number of phenols is 1. The first kappa shape index (κ1) is 18.9. The lowest BCUT2D eigenvalue weighted by Crippen LogP contribution is -2.49. The van der Waals surface area contributed by atoms with E-state index in [2.05, 4.69) is 56.3 Å². The Kier molecular flexibility index (Phi) is 4.40. The fraction of sp³-hybridized carbons (Fsp3) is 0.481. The van der Waals surface area contributed by atoms with Crippen LogP contribution in [0.4, 0.5) is 0 Å². The molecule has 0 aromatic heterocycles. The maximum absolute atomic E-state index is 11.8. The van der Waals surface area contributed by atoms with Crippen LogP contribution in [0.15, 0.2) is 48.5 Å². The normalized spacial score (nSPS) is 35.9. The summed E-state index contributed by atoms with van der Waals surface area (Å²) < 4.78 is 0. The van der Waals surface area contributed by atoms with Crippen LogP contribution in [0, 0.1) is 24.2 Å². The average molecular weight is 389 g/mol. The third-order valence-corrected chi connectivity index (χ3v) is 8.55. The van der Waals surface area contributed by atoms with Crippen molar-refractivity contribution < 1.29 is 10.2 Å². The molecule has 2 fully saturated rings. The topological polar surface area (TPSA) is 40.5 Å². The molecule has 5 rings (SSSR count). The minimum absolute atomic E-state index is 0.0518. The summed E-state index contributed by atoms with van der Waals surface area (Å²) >= 11 is 0. The van der Waals surface area contributed by atoms with Crippen LogP contribution in [0.5, 0.6) is 5.75 Å². The molecule has 152 valence electrons. The molecular formula is C27H32O2. The van der Waals surface area contributed by atoms with Crippen molar-refractivity contribution in [3.05, 3.63) is 70.8 Å². The van der Waals surface area contributed by atoms with E-state index in [1.807, 2.05) is 12.1 Å². The highest BCUT2D eigenvalue weighted by Gasteiger charge is 2.60. The molecule has 0 saturated heterocycles. The molecule has 2 aromatic carbocycles. The molecule has 29 heavy (non-hydrogen) atoms. The molecule has 0 radical (unpaired) electrons. The highest BCUT2D eigenvalue weighted by atomic mass is 16.3. The zero-order valence-electron chi connectivity index (χ0n) is 17.6. The summed E-state index contributed by atoms with van der Waals surface area (Å²) in [4.78, 5) is 0. The Hall–Kier alpha value is -2.06. The Morgan fingerprint density at radius 1 is 1.00 bits per heavy atom. The number of aryl methyl sites for hydroxylation is 2. The number of benzene rings is 2. The summed E-state index contributed by atoms with van der Waals surface area (Å²) in [5, 5.41) is 21.6. The van der Waals surface area contributed by atoms with Crippen LogP contribution in [0.3, 0.4) is 0 Å². The smallest absolute Gasteiger partial charge is 0.115 e. The molecule has 3 aliphatic rings. The van der Waals surface area contributed by atoms with Crippen molar-refractivity contribution in [2.24, 2.45) is 17.3 Å². The van der Waals surface area contributed by atoms with Gasteiger partial charge in [0.25, 0.3) is 0 Å². The van der Waals surface area contributed by atoms with Gasteiger partial charge in [0.15, 0.2) is 0 Å². The van der Waals surface area contributed by atoms with E-state index in [1.165, 1.54) is 23.1 Å². The number of rotatable bonds is 2. The Morgan fingerprint density at radius 2 is 1.79 bits per heavy atom. The van der Waals surface area contributed by atoms with Gasteiger partial charge in [-0.2, -0.15) is 0 Å². The van der Waals surface area contributed by atoms with Crippen LogP contribution in [0.1, 0.15) is 67.2 Å². The van der Waals surface area contributed by atoms with Gasteiger partial charge in [0.2, 0.25) is 0 Å². The van der Waals surface area contributed by atoms with Crippen molar-refractivity contribution in [3.63, 3.8) is 0 Å². The van der Waals surface area contributed by atoms with Gasteiger partial charge in [0.1, 0.15) is 5.75 Å². The van der Waals surface area contributed by atoms with E-state index >= 15 is 0 Å². The predicted octanol–water partition coefficient (Wildman–Crippen LogP) is 6.00. The second-order valence-electron chi connectivity index (χ2n) is 9.96. The van der Waals surface area contributed by atoms with Gasteiger partial charge in [0, 0.05) is 5.41 Å². The summed E-state index contributed by atoms with van der Waals surface area (Å²) in [6.07, 6.45) is 10.6. The molecule has 0 spiro atoms. The zero-order valence-corrected chi connectivity index (χ0v) is 17.6. The highest BCUT2D eigenvalue weighted by molar-refractivity contribution is 5.52. The largest absolute Gasteiger partial charge is 0.508 e. The SMILES string of the molecule is Cc1ccc(/C=C/[C@]2(O)CC[C@H]3[C@@H]4CCc5cc(O)ccc5[C@H]4CC[C@@]32C)cc1. The van der Waals surface area contributed by atoms with Crippen LogP contribution in [0.2, 0.25) is 0 Å². The van der Waals surface area contributed by atoms with E-state index in [0.717, 1.165) is 37.7 Å². The number of hydrogen-bond donors (Lipinski definition) is 2. The van der Waals surface area contributed by atoms with E-state index in [-0.39, 0.29) is 5.41 Å². The van der Waals surface area contributed by atoms with Crippen molar-refractivity contribution in [2.45, 2.75) is 63.9 Å². The average Bonchev–Trinajstić information content (AvgIpc) is 2.98. The first-order valence-electron chi connectivity index (χ1n) is 11.2. The fourth-order valence-electron chi connectivity index (χ4n) is 6.81. The summed E-state index contributed by atoms with van der Waals surface area (Å²) in [7, 11) is 0. The van der Waals surface area contributed by atoms with Crippen LogP contribution in [0.25, 0.3) is 6.08 Å². The van der Waals surface area contributed by atoms with Crippen molar-refractivity contribution in [2.75, 3.05) is 0 Å². The molecule has 2 N–H and O–H groups in total. The summed E-state index contributed by atoms with van der Waals surface area (Å²) in [6.45, 7) is 4.44. The standard InChI is InChI=1S/C27H32O2/c1-18-3-5-19(6-4-18)11-15-27(29)16-13-25-24-9-7-20-17-21(28)8-10-22(20)23(24)12-14-26(25,27)2/h3-6,8,10-11,15,17,23-25,28-29H,7,9,12-14,16H2,1-2H3/b15-11+/t23-,24-,25+,26+,27+/m1/s1. The lowest BCUT2D eigenvalue weighted by atomic mass is 9.53. The molecule has 2 saturated carbocycles. The molecule has 2 nitrogen and oxygen atoms in total. The van der Waals surface area contributed by atoms with Crippen LogP contribution in [-0.4, -0.2) is 15.8 Å². The fourth-order valence-corrected chi connectivity index (χ4v) is 6.81. The van der Waals surface area contributed by atoms with Gasteiger partial charge in [-0.05, 0) is 92.0 Å². The maximum atomic E-state index is 11.8. The molecule has 3 aliphatic carbocycles. The Morgan fingerprint density at radius 3 is 2.59 bits per heavy atom. The highest BCUT2D eigenvalue weighted by Crippen LogP contribution is 2.64. The molecule has 0 bridgehead atoms. The lowest BCUT2D eigenvalue weighted by Gasteiger charge is -2.52. The van der Waals surface area contributed by atoms with Gasteiger partial charge in [-0.1, -0.05) is 55.0 Å². The lowest BCUT2D eigenvalue weighted by molar-refractivity contribution is -0.0705. The van der Waals surface area contributed by atoms with E-state index < -0.39 is 5.60 Å². The molecule has 5 atom stereocenters. The molecule has 0 heterocycles. The van der Waals surface area contributed by atoms with Crippen LogP contribution < -0.4 is 0 Å². The second kappa shape index (κ2) is 6.74. The van der Waals surface area contributed by atoms with Crippen molar-refractivity contribution in [1.29, 1.82) is 0 Å². The van der Waals surface area contributed by atoms with Gasteiger partial charge in [-0.15, -0.1) is 0 Å². The van der Waals surface area contributed by atoms with Gasteiger partial charge in [-0.25, -0.2) is 0 Å². The molecular weight excluding hydrogens is 356 g/mol.